The Hall–Kier alpha value is -3.21. The second-order valence-corrected chi connectivity index (χ2v) is 25.4. The molecule has 0 unspecified atom stereocenters. The minimum absolute atomic E-state index is 0.0227. The minimum Gasteiger partial charge on any atom is -0.447 e. The van der Waals surface area contributed by atoms with Gasteiger partial charge in [-0.25, -0.2) is 4.79 Å². The number of hydrogen-bond acceptors (Lipinski definition) is 4. The first-order chi connectivity index (χ1) is 22.2. The van der Waals surface area contributed by atoms with E-state index in [1.807, 2.05) is 42.5 Å². The van der Waals surface area contributed by atoms with Crippen molar-refractivity contribution in [2.24, 2.45) is 0 Å². The Balaban J connectivity index is 1.75. The minimum atomic E-state index is -3.09. The Morgan fingerprint density at radius 3 is 1.60 bits per heavy atom. The molecule has 0 spiro atoms. The largest absolute Gasteiger partial charge is 0.447 e. The van der Waals surface area contributed by atoms with E-state index in [0.29, 0.717) is 16.6 Å². The number of ether oxygens (including phenoxy) is 1. The lowest BCUT2D eigenvalue weighted by molar-refractivity contribution is -0.155. The van der Waals surface area contributed by atoms with Crippen LogP contribution in [0.3, 0.4) is 0 Å². The number of amides is 2. The lowest BCUT2D eigenvalue weighted by atomic mass is 9.91. The molecule has 0 aliphatic carbocycles. The summed E-state index contributed by atoms with van der Waals surface area (Å²) < 4.78 is 15.5. The van der Waals surface area contributed by atoms with Gasteiger partial charge in [-0.15, -0.1) is 0 Å². The van der Waals surface area contributed by atoms with Gasteiger partial charge in [-0.2, -0.15) is 0 Å². The Bertz CT molecular complexity index is 1460. The third-order valence-electron chi connectivity index (χ3n) is 10.9. The van der Waals surface area contributed by atoms with Crippen LogP contribution in [0.4, 0.5) is 4.79 Å². The quantitative estimate of drug-likeness (QED) is 0.154. The highest BCUT2D eigenvalue weighted by atomic mass is 28.4. The van der Waals surface area contributed by atoms with E-state index in [4.69, 9.17) is 9.16 Å². The van der Waals surface area contributed by atoms with Crippen LogP contribution in [-0.4, -0.2) is 62.8 Å². The van der Waals surface area contributed by atoms with Crippen molar-refractivity contribution in [3.63, 3.8) is 0 Å². The Kier molecular flexibility index (Phi) is 9.98. The molecule has 0 N–H and O–H groups in total. The summed E-state index contributed by atoms with van der Waals surface area (Å²) in [5, 5.41) is 2.04. The smallest absolute Gasteiger partial charge is 0.411 e. The van der Waals surface area contributed by atoms with Crippen molar-refractivity contribution in [2.75, 3.05) is 6.61 Å². The number of cyclic esters (lactones) is 1. The molecular formula is C39H54N2O4Si2. The average molecular weight is 671 g/mol. The molecule has 2 aliphatic heterocycles. The van der Waals surface area contributed by atoms with Gasteiger partial charge in [0.2, 0.25) is 22.5 Å². The highest BCUT2D eigenvalue weighted by Crippen LogP contribution is 2.49. The maximum atomic E-state index is 15.3. The number of β-lactam (4-membered cyclic amide) rings is 1. The number of hydrogen-bond donors (Lipinski definition) is 0. The van der Waals surface area contributed by atoms with E-state index in [-0.39, 0.29) is 35.7 Å². The molecule has 4 atom stereocenters. The van der Waals surface area contributed by atoms with E-state index >= 15 is 4.79 Å². The Labute approximate surface area is 284 Å². The average Bonchev–Trinajstić information content (AvgIpc) is 3.40. The molecule has 0 saturated carbocycles. The van der Waals surface area contributed by atoms with Crippen LogP contribution in [0.1, 0.15) is 80.8 Å². The predicted molar refractivity (Wildman–Crippen MR) is 196 cm³/mol. The normalized spacial score (nSPS) is 21.4. The molecule has 5 rings (SSSR count). The van der Waals surface area contributed by atoms with Gasteiger partial charge in [0.05, 0.1) is 18.2 Å². The van der Waals surface area contributed by atoms with Gasteiger partial charge in [-0.1, -0.05) is 153 Å². The lowest BCUT2D eigenvalue weighted by Gasteiger charge is -2.64. The molecule has 3 aromatic rings. The topological polar surface area (TPSA) is 59.1 Å². The van der Waals surface area contributed by atoms with E-state index in [1.165, 1.54) is 10.4 Å². The van der Waals surface area contributed by atoms with Crippen LogP contribution in [0.2, 0.25) is 21.7 Å². The molecule has 0 radical (unpaired) electrons. The van der Waals surface area contributed by atoms with Crippen molar-refractivity contribution < 1.29 is 18.8 Å². The molecule has 6 nitrogen and oxygen atoms in total. The SMILES string of the molecule is CC(C)[Si](O[C@@H](C)[C@H]1[C@H](N2C(=O)OC[C@@H]2c2ccccc2)C(=O)N1[Si](c1ccccc1)(c1ccccc1)C(C)(C)C)(C(C)C)C(C)C. The molecule has 47 heavy (non-hydrogen) atoms. The fraction of sp³-hybridized carbons (Fsp3) is 0.487. The van der Waals surface area contributed by atoms with Gasteiger partial charge in [0.15, 0.2) is 0 Å². The first kappa shape index (κ1) is 35.1. The second-order valence-electron chi connectivity index (χ2n) is 15.4. The van der Waals surface area contributed by atoms with E-state index in [0.717, 1.165) is 5.56 Å². The monoisotopic (exact) mass is 670 g/mol. The summed E-state index contributed by atoms with van der Waals surface area (Å²) in [6.07, 6.45) is -0.750. The number of carbonyl (C=O) groups excluding carboxylic acids is 2. The van der Waals surface area contributed by atoms with Crippen LogP contribution in [0, 0.1) is 0 Å². The van der Waals surface area contributed by atoms with Gasteiger partial charge < -0.3 is 13.7 Å². The highest BCUT2D eigenvalue weighted by Gasteiger charge is 2.68. The van der Waals surface area contributed by atoms with Gasteiger partial charge in [-0.3, -0.25) is 9.69 Å². The summed E-state index contributed by atoms with van der Waals surface area (Å²) in [6, 6.07) is 29.7. The number of benzene rings is 3. The molecule has 2 heterocycles. The van der Waals surface area contributed by atoms with Crippen LogP contribution in [-0.2, 0) is 14.0 Å². The van der Waals surface area contributed by atoms with Crippen molar-refractivity contribution in [1.82, 2.24) is 9.47 Å². The fourth-order valence-corrected chi connectivity index (χ4v) is 20.7. The fourth-order valence-electron chi connectivity index (χ4n) is 9.14. The molecule has 2 saturated heterocycles. The molecule has 0 bridgehead atoms. The zero-order chi connectivity index (χ0) is 34.3. The van der Waals surface area contributed by atoms with Crippen molar-refractivity contribution in [2.45, 2.75) is 115 Å². The van der Waals surface area contributed by atoms with Crippen LogP contribution >= 0.6 is 0 Å². The third kappa shape index (κ3) is 5.70. The van der Waals surface area contributed by atoms with Crippen LogP contribution in [0.5, 0.6) is 0 Å². The summed E-state index contributed by atoms with van der Waals surface area (Å²) in [4.78, 5) is 30.7. The first-order valence-electron chi connectivity index (χ1n) is 17.3. The predicted octanol–water partition coefficient (Wildman–Crippen LogP) is 7.90. The summed E-state index contributed by atoms with van der Waals surface area (Å²) in [6.45, 7) is 23.0. The van der Waals surface area contributed by atoms with E-state index in [1.54, 1.807) is 4.90 Å². The molecule has 2 fully saturated rings. The maximum absolute atomic E-state index is 15.3. The van der Waals surface area contributed by atoms with E-state index < -0.39 is 28.7 Å². The van der Waals surface area contributed by atoms with E-state index in [9.17, 15) is 4.79 Å². The highest BCUT2D eigenvalue weighted by molar-refractivity contribution is 7.03. The zero-order valence-corrected chi connectivity index (χ0v) is 31.9. The maximum Gasteiger partial charge on any atom is 0.411 e. The summed E-state index contributed by atoms with van der Waals surface area (Å²) >= 11 is 0. The number of nitrogens with zero attached hydrogens (tertiary/aromatic N) is 2. The van der Waals surface area contributed by atoms with Gasteiger partial charge in [-0.05, 0) is 44.5 Å². The van der Waals surface area contributed by atoms with Crippen LogP contribution in [0.15, 0.2) is 91.0 Å². The molecular weight excluding hydrogens is 617 g/mol. The van der Waals surface area contributed by atoms with Gasteiger partial charge >= 0.3 is 6.09 Å². The van der Waals surface area contributed by atoms with Gasteiger partial charge in [0.25, 0.3) is 0 Å². The number of rotatable bonds is 11. The number of carbonyl (C=O) groups is 2. The summed E-state index contributed by atoms with van der Waals surface area (Å²) in [5.41, 5.74) is 2.08. The summed E-state index contributed by atoms with van der Waals surface area (Å²) in [7, 11) is -5.46. The Morgan fingerprint density at radius 2 is 1.17 bits per heavy atom. The van der Waals surface area contributed by atoms with Crippen LogP contribution in [0.25, 0.3) is 0 Å². The van der Waals surface area contributed by atoms with Crippen molar-refractivity contribution in [3.8, 4) is 0 Å². The Morgan fingerprint density at radius 1 is 0.723 bits per heavy atom. The molecule has 2 aliphatic rings. The van der Waals surface area contributed by atoms with Crippen LogP contribution < -0.4 is 10.4 Å². The van der Waals surface area contributed by atoms with Crippen molar-refractivity contribution in [3.05, 3.63) is 96.6 Å². The summed E-state index contributed by atoms with van der Waals surface area (Å²) in [5.74, 6) is -0.0227. The molecule has 8 heteroatoms. The molecule has 0 aromatic heterocycles. The van der Waals surface area contributed by atoms with Gasteiger partial charge in [0, 0.05) is 0 Å². The third-order valence-corrected chi connectivity index (χ3v) is 22.9. The standard InChI is InChI=1S/C39H54N2O4Si2/c1-27(2)46(28(3)4,29(5)6)45-30(7)35-36(40-34(26-44-38(40)43)31-20-14-11-15-21-31)37(42)41(35)47(39(8,9)10,32-22-16-12-17-23-32)33-24-18-13-19-25-33/h11-25,27-30,34-36H,26H2,1-10H3/t30-,34+,35-,36-/m0/s1. The zero-order valence-electron chi connectivity index (χ0n) is 29.9. The second kappa shape index (κ2) is 13.4. The molecule has 252 valence electrons. The first-order valence-corrected chi connectivity index (χ1v) is 21.4. The van der Waals surface area contributed by atoms with Crippen molar-refractivity contribution in [1.29, 1.82) is 0 Å². The van der Waals surface area contributed by atoms with Crippen molar-refractivity contribution >= 4 is 38.9 Å². The van der Waals surface area contributed by atoms with E-state index in [2.05, 4.69) is 122 Å². The molecule has 3 aromatic carbocycles. The van der Waals surface area contributed by atoms with Gasteiger partial charge in [0.1, 0.15) is 12.6 Å². The lowest BCUT2D eigenvalue weighted by Crippen LogP contribution is -2.88. The molecule has 2 amide bonds.